The van der Waals surface area contributed by atoms with Crippen LogP contribution in [0, 0.1) is 0 Å². The average molecular weight is 178 g/mol. The molecule has 0 amide bonds. The van der Waals surface area contributed by atoms with Gasteiger partial charge in [0.15, 0.2) is 0 Å². The molecule has 0 heterocycles. The standard InChI is InChI=1S/C10H10O3/c11-9-5-4-8(10(12)13)6-2-1-3-7(6)9/h4-5,11H,1-3H2,(H,12,13). The predicted molar refractivity (Wildman–Crippen MR) is 47.1 cm³/mol. The largest absolute Gasteiger partial charge is 0.508 e. The predicted octanol–water partition coefficient (Wildman–Crippen LogP) is 1.58. The van der Waals surface area contributed by atoms with Gasteiger partial charge in [-0.25, -0.2) is 4.79 Å². The molecule has 0 bridgehead atoms. The molecular weight excluding hydrogens is 168 g/mol. The fourth-order valence-electron chi connectivity index (χ4n) is 1.89. The highest BCUT2D eigenvalue weighted by Gasteiger charge is 2.21. The van der Waals surface area contributed by atoms with Crippen molar-refractivity contribution in [2.24, 2.45) is 0 Å². The molecule has 3 heteroatoms. The van der Waals surface area contributed by atoms with E-state index in [1.807, 2.05) is 0 Å². The van der Waals surface area contributed by atoms with Gasteiger partial charge in [-0.1, -0.05) is 0 Å². The second-order valence-corrected chi connectivity index (χ2v) is 3.25. The number of carboxylic acids is 1. The van der Waals surface area contributed by atoms with E-state index in [1.165, 1.54) is 12.1 Å². The van der Waals surface area contributed by atoms with Crippen LogP contribution < -0.4 is 0 Å². The third-order valence-electron chi connectivity index (χ3n) is 2.49. The number of phenols is 1. The molecule has 0 aliphatic heterocycles. The monoisotopic (exact) mass is 178 g/mol. The molecule has 1 aromatic rings. The SMILES string of the molecule is O=C(O)c1ccc(O)c2c1CCC2. The highest BCUT2D eigenvalue weighted by atomic mass is 16.4. The first kappa shape index (κ1) is 8.10. The maximum Gasteiger partial charge on any atom is 0.335 e. The maximum atomic E-state index is 10.8. The summed E-state index contributed by atoms with van der Waals surface area (Å²) in [4.78, 5) is 10.8. The lowest BCUT2D eigenvalue weighted by Gasteiger charge is -2.05. The van der Waals surface area contributed by atoms with Crippen LogP contribution in [0.1, 0.15) is 27.9 Å². The summed E-state index contributed by atoms with van der Waals surface area (Å²) in [5.41, 5.74) is 1.97. The van der Waals surface area contributed by atoms with E-state index in [0.29, 0.717) is 5.56 Å². The molecule has 0 unspecified atom stereocenters. The van der Waals surface area contributed by atoms with E-state index in [4.69, 9.17) is 5.11 Å². The number of benzene rings is 1. The summed E-state index contributed by atoms with van der Waals surface area (Å²) < 4.78 is 0. The quantitative estimate of drug-likeness (QED) is 0.686. The van der Waals surface area contributed by atoms with E-state index in [0.717, 1.165) is 30.4 Å². The molecule has 1 aromatic carbocycles. The summed E-state index contributed by atoms with van der Waals surface area (Å²) in [5, 5.41) is 18.3. The van der Waals surface area contributed by atoms with Crippen LogP contribution in [-0.2, 0) is 12.8 Å². The van der Waals surface area contributed by atoms with Gasteiger partial charge < -0.3 is 10.2 Å². The van der Waals surface area contributed by atoms with Gasteiger partial charge in [0.1, 0.15) is 5.75 Å². The Balaban J connectivity index is 2.62. The van der Waals surface area contributed by atoms with Crippen LogP contribution in [0.25, 0.3) is 0 Å². The van der Waals surface area contributed by atoms with Gasteiger partial charge in [-0.2, -0.15) is 0 Å². The zero-order valence-corrected chi connectivity index (χ0v) is 7.08. The smallest absolute Gasteiger partial charge is 0.335 e. The number of hydrogen-bond donors (Lipinski definition) is 2. The number of rotatable bonds is 1. The highest BCUT2D eigenvalue weighted by Crippen LogP contribution is 2.32. The number of carbonyl (C=O) groups is 1. The molecule has 0 saturated carbocycles. The van der Waals surface area contributed by atoms with Gasteiger partial charge in [0, 0.05) is 0 Å². The van der Waals surface area contributed by atoms with Crippen LogP contribution in [0.3, 0.4) is 0 Å². The van der Waals surface area contributed by atoms with Crippen LogP contribution in [0.5, 0.6) is 5.75 Å². The van der Waals surface area contributed by atoms with Crippen LogP contribution in [0.4, 0.5) is 0 Å². The minimum Gasteiger partial charge on any atom is -0.508 e. The van der Waals surface area contributed by atoms with Crippen LogP contribution in [0.2, 0.25) is 0 Å². The molecule has 0 fully saturated rings. The first-order chi connectivity index (χ1) is 6.20. The summed E-state index contributed by atoms with van der Waals surface area (Å²) in [5.74, 6) is -0.671. The van der Waals surface area contributed by atoms with E-state index in [2.05, 4.69) is 0 Å². The summed E-state index contributed by atoms with van der Waals surface area (Å²) in [6, 6.07) is 2.94. The lowest BCUT2D eigenvalue weighted by molar-refractivity contribution is 0.0696. The first-order valence-corrected chi connectivity index (χ1v) is 4.27. The van der Waals surface area contributed by atoms with Gasteiger partial charge in [0.2, 0.25) is 0 Å². The van der Waals surface area contributed by atoms with E-state index in [1.54, 1.807) is 0 Å². The number of fused-ring (bicyclic) bond motifs is 1. The summed E-state index contributed by atoms with van der Waals surface area (Å²) in [6.45, 7) is 0. The Kier molecular flexibility index (Phi) is 1.72. The van der Waals surface area contributed by atoms with E-state index >= 15 is 0 Å². The van der Waals surface area contributed by atoms with Crippen LogP contribution >= 0.6 is 0 Å². The molecule has 13 heavy (non-hydrogen) atoms. The number of carboxylic acid groups (broad SMARTS) is 1. The minimum absolute atomic E-state index is 0.234. The molecule has 1 aliphatic carbocycles. The van der Waals surface area contributed by atoms with E-state index in [-0.39, 0.29) is 5.75 Å². The van der Waals surface area contributed by atoms with E-state index < -0.39 is 5.97 Å². The maximum absolute atomic E-state index is 10.8. The number of phenolic OH excluding ortho intramolecular Hbond substituents is 1. The van der Waals surface area contributed by atoms with Crippen molar-refractivity contribution >= 4 is 5.97 Å². The zero-order chi connectivity index (χ0) is 9.42. The molecule has 0 radical (unpaired) electrons. The molecule has 2 N–H and O–H groups in total. The Morgan fingerprint density at radius 1 is 1.23 bits per heavy atom. The van der Waals surface area contributed by atoms with Gasteiger partial charge in [0.05, 0.1) is 5.56 Å². The fourth-order valence-corrected chi connectivity index (χ4v) is 1.89. The molecule has 0 spiro atoms. The lowest BCUT2D eigenvalue weighted by Crippen LogP contribution is -2.01. The molecule has 1 aliphatic rings. The topological polar surface area (TPSA) is 57.5 Å². The van der Waals surface area contributed by atoms with Gasteiger partial charge in [0.25, 0.3) is 0 Å². The average Bonchev–Trinajstić information content (AvgIpc) is 2.53. The van der Waals surface area contributed by atoms with Crippen molar-refractivity contribution in [2.45, 2.75) is 19.3 Å². The summed E-state index contributed by atoms with van der Waals surface area (Å²) >= 11 is 0. The van der Waals surface area contributed by atoms with Crippen molar-refractivity contribution in [3.8, 4) is 5.75 Å². The molecule has 0 saturated heterocycles. The van der Waals surface area contributed by atoms with Crippen LogP contribution in [-0.4, -0.2) is 16.2 Å². The van der Waals surface area contributed by atoms with Crippen molar-refractivity contribution in [3.63, 3.8) is 0 Å². The van der Waals surface area contributed by atoms with Crippen molar-refractivity contribution in [3.05, 3.63) is 28.8 Å². The molecular formula is C10H10O3. The normalized spacial score (nSPS) is 14.2. The number of hydrogen-bond acceptors (Lipinski definition) is 2. The molecule has 0 aromatic heterocycles. The van der Waals surface area contributed by atoms with E-state index in [9.17, 15) is 9.90 Å². The number of aromatic carboxylic acids is 1. The third kappa shape index (κ3) is 1.16. The Bertz CT molecular complexity index is 369. The van der Waals surface area contributed by atoms with Crippen molar-refractivity contribution in [2.75, 3.05) is 0 Å². The first-order valence-electron chi connectivity index (χ1n) is 4.27. The minimum atomic E-state index is -0.904. The Morgan fingerprint density at radius 2 is 1.92 bits per heavy atom. The zero-order valence-electron chi connectivity index (χ0n) is 7.08. The Morgan fingerprint density at radius 3 is 2.62 bits per heavy atom. The van der Waals surface area contributed by atoms with Crippen LogP contribution in [0.15, 0.2) is 12.1 Å². The van der Waals surface area contributed by atoms with Crippen molar-refractivity contribution in [1.29, 1.82) is 0 Å². The summed E-state index contributed by atoms with van der Waals surface area (Å²) in [6.07, 6.45) is 2.50. The molecule has 0 atom stereocenters. The molecule has 68 valence electrons. The van der Waals surface area contributed by atoms with Gasteiger partial charge in [-0.05, 0) is 42.5 Å². The third-order valence-corrected chi connectivity index (χ3v) is 2.49. The Hall–Kier alpha value is -1.51. The molecule has 3 nitrogen and oxygen atoms in total. The van der Waals surface area contributed by atoms with Crippen molar-refractivity contribution < 1.29 is 15.0 Å². The highest BCUT2D eigenvalue weighted by molar-refractivity contribution is 5.90. The summed E-state index contributed by atoms with van der Waals surface area (Å²) in [7, 11) is 0. The Labute approximate surface area is 75.6 Å². The molecule has 2 rings (SSSR count). The second-order valence-electron chi connectivity index (χ2n) is 3.25. The van der Waals surface area contributed by atoms with Gasteiger partial charge in [-0.3, -0.25) is 0 Å². The van der Waals surface area contributed by atoms with Crippen molar-refractivity contribution in [1.82, 2.24) is 0 Å². The van der Waals surface area contributed by atoms with Gasteiger partial charge in [-0.15, -0.1) is 0 Å². The van der Waals surface area contributed by atoms with Gasteiger partial charge >= 0.3 is 5.97 Å². The number of aromatic hydroxyl groups is 1. The lowest BCUT2D eigenvalue weighted by atomic mass is 10.0. The second kappa shape index (κ2) is 2.76. The fraction of sp³-hybridized carbons (Fsp3) is 0.300.